The SMILES string of the molecule is CCCCCCCCCC/C=C\CCCCCCCCCCCCCCCC(=O)OC(COCCCCCCCCCCCCCCCCCCCCCCCCCCCC)COC1OC(COC2OC(CO)C(O)C(O)C2O)C(O)C(O)C1O. The number of unbranched alkanes of at least 4 members (excludes halogenated alkanes) is 46. The van der Waals surface area contributed by atoms with Gasteiger partial charge in [-0.2, -0.15) is 0 Å². The van der Waals surface area contributed by atoms with Gasteiger partial charge in [-0.1, -0.05) is 302 Å². The number of esters is 1. The van der Waals surface area contributed by atoms with Crippen LogP contribution in [-0.2, 0) is 33.2 Å². The summed E-state index contributed by atoms with van der Waals surface area (Å²) in [4.78, 5) is 13.2. The summed E-state index contributed by atoms with van der Waals surface area (Å²) in [5.74, 6) is -0.366. The minimum Gasteiger partial charge on any atom is -0.457 e. The highest BCUT2D eigenvalue weighted by atomic mass is 16.7. The van der Waals surface area contributed by atoms with Crippen LogP contribution < -0.4 is 0 Å². The van der Waals surface area contributed by atoms with Crippen molar-refractivity contribution in [2.24, 2.45) is 0 Å². The number of aliphatic hydroxyl groups excluding tert-OH is 7. The molecule has 11 unspecified atom stereocenters. The standard InChI is InChI=1S/C71H136O14/c1-3-5-7-9-11-13-15-17-19-21-23-25-27-29-31-33-35-37-39-41-43-45-47-49-51-53-55-80-57-60(58-81-70-69(79)67(77)65(75)62(85-70)59-82-71-68(78)66(76)64(74)61(56-72)84-71)83-63(73)54-52-50-48-46-44-42-40-38-36-34-32-30-28-26-24-22-20-18-16-14-12-10-8-6-4-2/h22,24,60-62,64-72,74-79H,3-21,23,25-59H2,1-2H3/b24-22-. The van der Waals surface area contributed by atoms with E-state index in [0.717, 1.165) is 38.5 Å². The third-order valence-corrected chi connectivity index (χ3v) is 17.8. The smallest absolute Gasteiger partial charge is 0.306 e. The maximum Gasteiger partial charge on any atom is 0.306 e. The second-order valence-corrected chi connectivity index (χ2v) is 25.8. The Morgan fingerprint density at radius 1 is 0.376 bits per heavy atom. The Labute approximate surface area is 520 Å². The van der Waals surface area contributed by atoms with Crippen LogP contribution in [0.25, 0.3) is 0 Å². The van der Waals surface area contributed by atoms with E-state index >= 15 is 0 Å². The lowest BCUT2D eigenvalue weighted by molar-refractivity contribution is -0.332. The molecular formula is C71H136O14. The van der Waals surface area contributed by atoms with Crippen LogP contribution in [0.4, 0.5) is 0 Å². The number of carbonyl (C=O) groups is 1. The summed E-state index contributed by atoms with van der Waals surface area (Å²) in [5, 5.41) is 72.7. The average molecular weight is 1210 g/mol. The summed E-state index contributed by atoms with van der Waals surface area (Å²) in [7, 11) is 0. The van der Waals surface area contributed by atoms with Crippen molar-refractivity contribution in [1.82, 2.24) is 0 Å². The molecule has 14 nitrogen and oxygen atoms in total. The molecule has 0 aromatic carbocycles. The number of ether oxygens (including phenoxy) is 6. The predicted octanol–water partition coefficient (Wildman–Crippen LogP) is 15.7. The van der Waals surface area contributed by atoms with Crippen LogP contribution in [-0.4, -0.2) is 142 Å². The van der Waals surface area contributed by atoms with Crippen LogP contribution in [0.3, 0.4) is 0 Å². The Hall–Kier alpha value is -1.27. The molecule has 11 atom stereocenters. The molecule has 2 aliphatic heterocycles. The molecule has 14 heteroatoms. The monoisotopic (exact) mass is 1210 g/mol. The lowest BCUT2D eigenvalue weighted by atomic mass is 9.98. The Morgan fingerprint density at radius 3 is 1.07 bits per heavy atom. The minimum atomic E-state index is -1.70. The van der Waals surface area contributed by atoms with Crippen molar-refractivity contribution in [3.05, 3.63) is 12.2 Å². The molecule has 504 valence electrons. The van der Waals surface area contributed by atoms with Gasteiger partial charge in [0.2, 0.25) is 0 Å². The van der Waals surface area contributed by atoms with E-state index in [2.05, 4.69) is 26.0 Å². The molecule has 0 saturated carbocycles. The van der Waals surface area contributed by atoms with Gasteiger partial charge in [-0.25, -0.2) is 0 Å². The first kappa shape index (κ1) is 79.8. The van der Waals surface area contributed by atoms with Crippen molar-refractivity contribution in [1.29, 1.82) is 0 Å². The molecule has 2 aliphatic rings. The fourth-order valence-corrected chi connectivity index (χ4v) is 12.0. The van der Waals surface area contributed by atoms with Crippen molar-refractivity contribution in [3.63, 3.8) is 0 Å². The lowest BCUT2D eigenvalue weighted by Crippen LogP contribution is -2.61. The fraction of sp³-hybridized carbons (Fsp3) is 0.958. The molecule has 2 saturated heterocycles. The Balaban J connectivity index is 1.61. The van der Waals surface area contributed by atoms with E-state index in [4.69, 9.17) is 28.4 Å². The van der Waals surface area contributed by atoms with Crippen LogP contribution in [0.15, 0.2) is 12.2 Å². The zero-order valence-electron chi connectivity index (χ0n) is 54.9. The summed E-state index contributed by atoms with van der Waals surface area (Å²) in [5.41, 5.74) is 0. The van der Waals surface area contributed by atoms with Gasteiger partial charge in [0.1, 0.15) is 54.9 Å². The highest BCUT2D eigenvalue weighted by Crippen LogP contribution is 2.27. The van der Waals surface area contributed by atoms with Crippen molar-refractivity contribution < 1.29 is 69.0 Å². The largest absolute Gasteiger partial charge is 0.457 e. The van der Waals surface area contributed by atoms with E-state index < -0.39 is 80.7 Å². The fourth-order valence-electron chi connectivity index (χ4n) is 12.0. The second-order valence-electron chi connectivity index (χ2n) is 25.8. The van der Waals surface area contributed by atoms with E-state index in [0.29, 0.717) is 13.0 Å². The van der Waals surface area contributed by atoms with Crippen LogP contribution in [0, 0.1) is 0 Å². The van der Waals surface area contributed by atoms with Gasteiger partial charge >= 0.3 is 5.97 Å². The van der Waals surface area contributed by atoms with Gasteiger partial charge in [-0.3, -0.25) is 4.79 Å². The van der Waals surface area contributed by atoms with E-state index in [1.807, 2.05) is 0 Å². The minimum absolute atomic E-state index is 0.0693. The Morgan fingerprint density at radius 2 is 0.694 bits per heavy atom. The Bertz CT molecular complexity index is 1450. The maximum absolute atomic E-state index is 13.2. The molecule has 2 fully saturated rings. The van der Waals surface area contributed by atoms with Crippen molar-refractivity contribution in [2.45, 2.75) is 402 Å². The van der Waals surface area contributed by atoms with Gasteiger partial charge in [-0.05, 0) is 38.5 Å². The summed E-state index contributed by atoms with van der Waals surface area (Å²) in [6.07, 6.45) is 53.0. The summed E-state index contributed by atoms with van der Waals surface area (Å²) in [6, 6.07) is 0. The number of carbonyl (C=O) groups excluding carboxylic acids is 1. The first-order valence-corrected chi connectivity index (χ1v) is 36.3. The first-order valence-electron chi connectivity index (χ1n) is 36.3. The highest BCUT2D eigenvalue weighted by Gasteiger charge is 2.47. The van der Waals surface area contributed by atoms with Gasteiger partial charge in [0.15, 0.2) is 12.6 Å². The number of hydrogen-bond donors (Lipinski definition) is 7. The molecule has 0 bridgehead atoms. The quantitative estimate of drug-likeness (QED) is 0.0171. The molecule has 85 heavy (non-hydrogen) atoms. The van der Waals surface area contributed by atoms with Gasteiger partial charge in [0.05, 0.1) is 26.4 Å². The molecule has 0 aromatic rings. The van der Waals surface area contributed by atoms with Gasteiger partial charge in [-0.15, -0.1) is 0 Å². The van der Waals surface area contributed by atoms with E-state index in [1.165, 1.54) is 270 Å². The molecular weight excluding hydrogens is 1080 g/mol. The zero-order chi connectivity index (χ0) is 61.5. The van der Waals surface area contributed by atoms with Crippen molar-refractivity contribution in [2.75, 3.05) is 33.0 Å². The number of hydrogen-bond acceptors (Lipinski definition) is 14. The molecule has 2 rings (SSSR count). The van der Waals surface area contributed by atoms with Crippen LogP contribution in [0.2, 0.25) is 0 Å². The van der Waals surface area contributed by atoms with Crippen LogP contribution in [0.1, 0.15) is 335 Å². The topological polar surface area (TPSA) is 214 Å². The van der Waals surface area contributed by atoms with E-state index in [-0.39, 0.29) is 25.6 Å². The molecule has 0 radical (unpaired) electrons. The van der Waals surface area contributed by atoms with E-state index in [9.17, 15) is 40.5 Å². The van der Waals surface area contributed by atoms with Crippen LogP contribution in [0.5, 0.6) is 0 Å². The number of allylic oxidation sites excluding steroid dienone is 2. The third-order valence-electron chi connectivity index (χ3n) is 17.8. The highest BCUT2D eigenvalue weighted by molar-refractivity contribution is 5.69. The van der Waals surface area contributed by atoms with E-state index in [1.54, 1.807) is 0 Å². The third kappa shape index (κ3) is 43.2. The predicted molar refractivity (Wildman–Crippen MR) is 344 cm³/mol. The number of rotatable bonds is 62. The molecule has 2 heterocycles. The molecule has 0 amide bonds. The zero-order valence-corrected chi connectivity index (χ0v) is 54.9. The van der Waals surface area contributed by atoms with Crippen molar-refractivity contribution >= 4 is 5.97 Å². The van der Waals surface area contributed by atoms with Gasteiger partial charge < -0.3 is 64.2 Å². The molecule has 0 aromatic heterocycles. The maximum atomic E-state index is 13.2. The average Bonchev–Trinajstić information content (AvgIpc) is 3.68. The summed E-state index contributed by atoms with van der Waals surface area (Å²) >= 11 is 0. The summed E-state index contributed by atoms with van der Waals surface area (Å²) in [6.45, 7) is 3.79. The normalized spacial score (nSPS) is 23.1. The lowest BCUT2D eigenvalue weighted by Gasteiger charge is -2.42. The summed E-state index contributed by atoms with van der Waals surface area (Å²) < 4.78 is 34.6. The van der Waals surface area contributed by atoms with Gasteiger partial charge in [0.25, 0.3) is 0 Å². The molecule has 0 aliphatic carbocycles. The first-order chi connectivity index (χ1) is 41.6. The Kier molecular flexibility index (Phi) is 54.3. The number of aliphatic hydroxyl groups is 7. The molecule has 0 spiro atoms. The second kappa shape index (κ2) is 57.9. The van der Waals surface area contributed by atoms with Crippen LogP contribution >= 0.6 is 0 Å². The van der Waals surface area contributed by atoms with Crippen molar-refractivity contribution in [3.8, 4) is 0 Å². The van der Waals surface area contributed by atoms with Gasteiger partial charge in [0, 0.05) is 13.0 Å². The molecule has 7 N–H and O–H groups in total.